The fourth-order valence-electron chi connectivity index (χ4n) is 3.44. The van der Waals surface area contributed by atoms with Crippen LogP contribution in [-0.2, 0) is 11.3 Å². The lowest BCUT2D eigenvalue weighted by Crippen LogP contribution is -2.53. The molecule has 1 N–H and O–H groups in total. The van der Waals surface area contributed by atoms with Gasteiger partial charge in [-0.2, -0.15) is 0 Å². The van der Waals surface area contributed by atoms with Crippen LogP contribution in [0.1, 0.15) is 38.2 Å². The first-order chi connectivity index (χ1) is 10.0. The Hall–Kier alpha value is -1.36. The smallest absolute Gasteiger partial charge is 0.323 e. The van der Waals surface area contributed by atoms with E-state index in [1.807, 2.05) is 24.3 Å². The molecule has 1 aromatic carbocycles. The third-order valence-electron chi connectivity index (χ3n) is 4.79. The van der Waals surface area contributed by atoms with E-state index in [-0.39, 0.29) is 17.9 Å². The van der Waals surface area contributed by atoms with E-state index in [1.54, 1.807) is 0 Å². The van der Waals surface area contributed by atoms with E-state index in [2.05, 4.69) is 28.2 Å². The number of halogens is 1. The monoisotopic (exact) mass is 350 g/mol. The summed E-state index contributed by atoms with van der Waals surface area (Å²) in [6.45, 7) is 2.39. The lowest BCUT2D eigenvalue weighted by atomic mass is 9.73. The number of hydrogen-bond donors (Lipinski definition) is 1. The van der Waals surface area contributed by atoms with E-state index in [1.165, 1.54) is 4.90 Å². The Morgan fingerprint density at radius 2 is 2.10 bits per heavy atom. The van der Waals surface area contributed by atoms with E-state index in [0.29, 0.717) is 6.54 Å². The van der Waals surface area contributed by atoms with E-state index >= 15 is 0 Å². The molecule has 0 unspecified atom stereocenters. The van der Waals surface area contributed by atoms with Gasteiger partial charge in [0.15, 0.2) is 0 Å². The van der Waals surface area contributed by atoms with Gasteiger partial charge in [-0.3, -0.25) is 9.69 Å². The summed E-state index contributed by atoms with van der Waals surface area (Å²) in [6, 6.07) is 7.43. The normalized spacial score (nSPS) is 29.0. The molecule has 1 saturated heterocycles. The molecular formula is C16H19BrN2O2. The quantitative estimate of drug-likeness (QED) is 0.830. The number of hydrogen-bond acceptors (Lipinski definition) is 2. The van der Waals surface area contributed by atoms with Gasteiger partial charge >= 0.3 is 6.03 Å². The molecule has 0 aromatic heterocycles. The van der Waals surface area contributed by atoms with Crippen LogP contribution in [0.2, 0.25) is 0 Å². The highest BCUT2D eigenvalue weighted by Gasteiger charge is 2.54. The van der Waals surface area contributed by atoms with Crippen molar-refractivity contribution in [3.63, 3.8) is 0 Å². The van der Waals surface area contributed by atoms with Gasteiger partial charge in [-0.25, -0.2) is 4.79 Å². The van der Waals surface area contributed by atoms with Gasteiger partial charge in [0, 0.05) is 4.47 Å². The summed E-state index contributed by atoms with van der Waals surface area (Å²) in [5.41, 5.74) is 0.276. The molecule has 3 rings (SSSR count). The van der Waals surface area contributed by atoms with Crippen molar-refractivity contribution in [3.05, 3.63) is 34.3 Å². The first-order valence-electron chi connectivity index (χ1n) is 7.42. The molecule has 1 aliphatic heterocycles. The van der Waals surface area contributed by atoms with Gasteiger partial charge in [0.1, 0.15) is 5.54 Å². The third-order valence-corrected chi connectivity index (χ3v) is 5.56. The van der Waals surface area contributed by atoms with Crippen LogP contribution in [0.5, 0.6) is 0 Å². The predicted octanol–water partition coefficient (Wildman–Crippen LogP) is 3.45. The molecule has 2 fully saturated rings. The van der Waals surface area contributed by atoms with Gasteiger partial charge in [0.25, 0.3) is 5.91 Å². The van der Waals surface area contributed by atoms with Crippen LogP contribution in [-0.4, -0.2) is 22.4 Å². The fourth-order valence-corrected chi connectivity index (χ4v) is 3.85. The lowest BCUT2D eigenvalue weighted by molar-refractivity contribution is -0.134. The Balaban J connectivity index is 1.86. The summed E-state index contributed by atoms with van der Waals surface area (Å²) in [7, 11) is 0. The summed E-state index contributed by atoms with van der Waals surface area (Å²) >= 11 is 3.47. The number of imide groups is 1. The molecule has 1 saturated carbocycles. The van der Waals surface area contributed by atoms with Gasteiger partial charge in [-0.1, -0.05) is 53.9 Å². The van der Waals surface area contributed by atoms with Crippen molar-refractivity contribution in [3.8, 4) is 0 Å². The van der Waals surface area contributed by atoms with Crippen molar-refractivity contribution < 1.29 is 9.59 Å². The van der Waals surface area contributed by atoms with Crippen LogP contribution in [0.3, 0.4) is 0 Å². The molecule has 3 amide bonds. The van der Waals surface area contributed by atoms with E-state index < -0.39 is 5.54 Å². The number of urea groups is 1. The number of carbonyl (C=O) groups is 2. The second-order valence-corrected chi connectivity index (χ2v) is 6.89. The van der Waals surface area contributed by atoms with Crippen molar-refractivity contribution >= 4 is 27.9 Å². The fraction of sp³-hybridized carbons (Fsp3) is 0.500. The Morgan fingerprint density at radius 3 is 2.81 bits per heavy atom. The Labute approximate surface area is 133 Å². The summed E-state index contributed by atoms with van der Waals surface area (Å²) in [5, 5.41) is 2.98. The summed E-state index contributed by atoms with van der Waals surface area (Å²) < 4.78 is 0.920. The average Bonchev–Trinajstić information content (AvgIpc) is 2.70. The zero-order valence-electron chi connectivity index (χ0n) is 12.1. The van der Waals surface area contributed by atoms with Gasteiger partial charge in [0.2, 0.25) is 0 Å². The molecule has 5 heteroatoms. The SMILES string of the molecule is C[C@H]1CCCC[C@@]12NC(=O)N(Cc1ccccc1Br)C2=O. The zero-order chi connectivity index (χ0) is 15.0. The van der Waals surface area contributed by atoms with Crippen molar-refractivity contribution in [2.24, 2.45) is 5.92 Å². The maximum Gasteiger partial charge on any atom is 0.325 e. The zero-order valence-corrected chi connectivity index (χ0v) is 13.6. The third kappa shape index (κ3) is 2.37. The summed E-state index contributed by atoms with van der Waals surface area (Å²) in [5.74, 6) is 0.141. The van der Waals surface area contributed by atoms with Gasteiger partial charge in [0.05, 0.1) is 6.54 Å². The van der Waals surface area contributed by atoms with Crippen LogP contribution in [0.15, 0.2) is 28.7 Å². The second kappa shape index (κ2) is 5.44. The molecule has 1 aromatic rings. The Morgan fingerprint density at radius 1 is 1.33 bits per heavy atom. The molecule has 2 atom stereocenters. The van der Waals surface area contributed by atoms with E-state index in [9.17, 15) is 9.59 Å². The van der Waals surface area contributed by atoms with Crippen LogP contribution in [0.25, 0.3) is 0 Å². The van der Waals surface area contributed by atoms with Gasteiger partial charge in [-0.05, 0) is 30.4 Å². The number of rotatable bonds is 2. The molecule has 1 aliphatic carbocycles. The summed E-state index contributed by atoms with van der Waals surface area (Å²) in [4.78, 5) is 26.5. The van der Waals surface area contributed by atoms with Crippen LogP contribution in [0, 0.1) is 5.92 Å². The minimum atomic E-state index is -0.670. The lowest BCUT2D eigenvalue weighted by Gasteiger charge is -2.36. The highest BCUT2D eigenvalue weighted by molar-refractivity contribution is 9.10. The van der Waals surface area contributed by atoms with Crippen molar-refractivity contribution in [1.29, 1.82) is 0 Å². The number of carbonyl (C=O) groups excluding carboxylic acids is 2. The van der Waals surface area contributed by atoms with E-state index in [0.717, 1.165) is 35.7 Å². The van der Waals surface area contributed by atoms with Crippen LogP contribution in [0.4, 0.5) is 4.79 Å². The standard InChI is InChI=1S/C16H19BrN2O2/c1-11-6-4-5-9-16(11)14(20)19(15(21)18-16)10-12-7-2-3-8-13(12)17/h2-3,7-8,11H,4-6,9-10H2,1H3,(H,18,21)/t11-,16+/m0/s1. The Kier molecular flexibility index (Phi) is 3.78. The molecule has 2 aliphatic rings. The predicted molar refractivity (Wildman–Crippen MR) is 83.6 cm³/mol. The molecule has 112 valence electrons. The number of nitrogens with one attached hydrogen (secondary N) is 1. The first kappa shape index (κ1) is 14.6. The molecule has 21 heavy (non-hydrogen) atoms. The largest absolute Gasteiger partial charge is 0.325 e. The topological polar surface area (TPSA) is 49.4 Å². The molecule has 0 bridgehead atoms. The number of benzene rings is 1. The van der Waals surface area contributed by atoms with Gasteiger partial charge < -0.3 is 5.32 Å². The molecule has 4 nitrogen and oxygen atoms in total. The molecular weight excluding hydrogens is 332 g/mol. The maximum absolute atomic E-state index is 12.8. The second-order valence-electron chi connectivity index (χ2n) is 6.03. The molecule has 1 spiro atoms. The maximum atomic E-state index is 12.8. The minimum Gasteiger partial charge on any atom is -0.323 e. The van der Waals surface area contributed by atoms with Crippen LogP contribution >= 0.6 is 15.9 Å². The Bertz CT molecular complexity index is 589. The average molecular weight is 351 g/mol. The highest BCUT2D eigenvalue weighted by atomic mass is 79.9. The van der Waals surface area contributed by atoms with Crippen LogP contribution < -0.4 is 5.32 Å². The van der Waals surface area contributed by atoms with Crippen molar-refractivity contribution in [1.82, 2.24) is 10.2 Å². The minimum absolute atomic E-state index is 0.0598. The highest BCUT2D eigenvalue weighted by Crippen LogP contribution is 2.38. The van der Waals surface area contributed by atoms with Crippen molar-refractivity contribution in [2.75, 3.05) is 0 Å². The summed E-state index contributed by atoms with van der Waals surface area (Å²) in [6.07, 6.45) is 3.88. The number of nitrogens with zero attached hydrogens (tertiary/aromatic N) is 1. The first-order valence-corrected chi connectivity index (χ1v) is 8.21. The van der Waals surface area contributed by atoms with E-state index in [4.69, 9.17) is 0 Å². The van der Waals surface area contributed by atoms with Crippen molar-refractivity contribution in [2.45, 2.75) is 44.7 Å². The van der Waals surface area contributed by atoms with Gasteiger partial charge in [-0.15, -0.1) is 0 Å². The number of amides is 3. The molecule has 1 heterocycles. The molecule has 0 radical (unpaired) electrons.